The highest BCUT2D eigenvalue weighted by atomic mass is 35.5. The van der Waals surface area contributed by atoms with Crippen LogP contribution in [0.3, 0.4) is 0 Å². The van der Waals surface area contributed by atoms with Crippen LogP contribution in [0.5, 0.6) is 0 Å². The van der Waals surface area contributed by atoms with Crippen molar-refractivity contribution in [2.75, 3.05) is 5.32 Å². The van der Waals surface area contributed by atoms with E-state index in [9.17, 15) is 14.9 Å². The minimum absolute atomic E-state index is 0.0101. The summed E-state index contributed by atoms with van der Waals surface area (Å²) in [6, 6.07) is 3.68. The molecular formula is C10H5Cl2N3O4. The van der Waals surface area contributed by atoms with Gasteiger partial charge in [0.1, 0.15) is 11.3 Å². The number of rotatable bonds is 3. The molecule has 0 aliphatic carbocycles. The molecule has 7 nitrogen and oxygen atoms in total. The van der Waals surface area contributed by atoms with Gasteiger partial charge in [0.05, 0.1) is 9.95 Å². The predicted octanol–water partition coefficient (Wildman–Crippen LogP) is 3.14. The molecule has 0 saturated heterocycles. The summed E-state index contributed by atoms with van der Waals surface area (Å²) in [5.41, 5.74) is -0.455. The molecule has 19 heavy (non-hydrogen) atoms. The maximum atomic E-state index is 11.8. The summed E-state index contributed by atoms with van der Waals surface area (Å²) >= 11 is 11.4. The molecule has 0 aliphatic rings. The molecule has 0 fully saturated rings. The first-order valence-corrected chi connectivity index (χ1v) is 5.60. The number of hydrogen-bond acceptors (Lipinski definition) is 5. The largest absolute Gasteiger partial charge is 0.363 e. The number of nitrogens with zero attached hydrogens (tertiary/aromatic N) is 2. The molecule has 1 amide bonds. The highest BCUT2D eigenvalue weighted by Gasteiger charge is 2.20. The third-order valence-electron chi connectivity index (χ3n) is 2.15. The standard InChI is InChI=1S/C10H5Cl2N3O4/c11-6-3-5(4-7(9(6)12)15(17)18)10(16)13-8-1-2-19-14-8/h1-4H,(H,13,14,16). The van der Waals surface area contributed by atoms with Gasteiger partial charge in [-0.05, 0) is 6.07 Å². The normalized spacial score (nSPS) is 10.2. The number of benzene rings is 1. The van der Waals surface area contributed by atoms with Crippen LogP contribution in [-0.2, 0) is 0 Å². The van der Waals surface area contributed by atoms with Crippen molar-refractivity contribution < 1.29 is 14.2 Å². The van der Waals surface area contributed by atoms with Crippen LogP contribution in [0.25, 0.3) is 0 Å². The van der Waals surface area contributed by atoms with E-state index < -0.39 is 16.5 Å². The van der Waals surface area contributed by atoms with E-state index in [1.807, 2.05) is 0 Å². The molecule has 1 N–H and O–H groups in total. The van der Waals surface area contributed by atoms with Crippen molar-refractivity contribution in [3.8, 4) is 0 Å². The summed E-state index contributed by atoms with van der Waals surface area (Å²) in [7, 11) is 0. The lowest BCUT2D eigenvalue weighted by atomic mass is 10.2. The lowest BCUT2D eigenvalue weighted by molar-refractivity contribution is -0.384. The van der Waals surface area contributed by atoms with Gasteiger partial charge in [-0.3, -0.25) is 14.9 Å². The van der Waals surface area contributed by atoms with Gasteiger partial charge in [-0.15, -0.1) is 0 Å². The van der Waals surface area contributed by atoms with Crippen LogP contribution >= 0.6 is 23.2 Å². The molecule has 2 rings (SSSR count). The van der Waals surface area contributed by atoms with Crippen molar-refractivity contribution in [1.82, 2.24) is 5.16 Å². The van der Waals surface area contributed by atoms with Gasteiger partial charge in [0.2, 0.25) is 0 Å². The van der Waals surface area contributed by atoms with Crippen LogP contribution in [0.4, 0.5) is 11.5 Å². The van der Waals surface area contributed by atoms with Crippen LogP contribution in [0.1, 0.15) is 10.4 Å². The van der Waals surface area contributed by atoms with E-state index in [0.717, 1.165) is 6.07 Å². The highest BCUT2D eigenvalue weighted by Crippen LogP contribution is 2.33. The second-order valence-corrected chi connectivity index (χ2v) is 4.17. The minimum atomic E-state index is -0.721. The number of carbonyl (C=O) groups excluding carboxylic acids is 1. The Morgan fingerprint density at radius 3 is 2.74 bits per heavy atom. The third-order valence-corrected chi connectivity index (χ3v) is 2.94. The number of amides is 1. The summed E-state index contributed by atoms with van der Waals surface area (Å²) in [5, 5.41) is 16.3. The Bertz CT molecular complexity index is 642. The summed E-state index contributed by atoms with van der Waals surface area (Å²) in [5.74, 6) is -0.436. The van der Waals surface area contributed by atoms with Crippen LogP contribution in [0.15, 0.2) is 29.0 Å². The van der Waals surface area contributed by atoms with Crippen LogP contribution in [0.2, 0.25) is 10.0 Å². The molecule has 1 aromatic heterocycles. The Hall–Kier alpha value is -2.12. The molecule has 0 radical (unpaired) electrons. The average molecular weight is 302 g/mol. The van der Waals surface area contributed by atoms with Crippen molar-refractivity contribution in [3.63, 3.8) is 0 Å². The van der Waals surface area contributed by atoms with Crippen molar-refractivity contribution in [2.24, 2.45) is 0 Å². The van der Waals surface area contributed by atoms with Gasteiger partial charge < -0.3 is 9.84 Å². The fourth-order valence-corrected chi connectivity index (χ4v) is 1.70. The summed E-state index contributed by atoms with van der Waals surface area (Å²) < 4.78 is 4.54. The topological polar surface area (TPSA) is 98.3 Å². The van der Waals surface area contributed by atoms with E-state index in [-0.39, 0.29) is 21.4 Å². The molecule has 1 aromatic carbocycles. The van der Waals surface area contributed by atoms with E-state index in [2.05, 4.69) is 15.0 Å². The van der Waals surface area contributed by atoms with E-state index in [1.54, 1.807) is 0 Å². The molecular weight excluding hydrogens is 297 g/mol. The fourth-order valence-electron chi connectivity index (χ4n) is 1.30. The second-order valence-electron chi connectivity index (χ2n) is 3.39. The van der Waals surface area contributed by atoms with Gasteiger partial charge in [-0.1, -0.05) is 28.4 Å². The van der Waals surface area contributed by atoms with Gasteiger partial charge in [-0.25, -0.2) is 0 Å². The van der Waals surface area contributed by atoms with E-state index >= 15 is 0 Å². The van der Waals surface area contributed by atoms with Gasteiger partial charge in [-0.2, -0.15) is 0 Å². The molecule has 2 aromatic rings. The SMILES string of the molecule is O=C(Nc1ccon1)c1cc(Cl)c(Cl)c([N+](=O)[O-])c1. The van der Waals surface area contributed by atoms with Crippen molar-refractivity contribution in [1.29, 1.82) is 0 Å². The maximum absolute atomic E-state index is 11.8. The minimum Gasteiger partial charge on any atom is -0.363 e. The Balaban J connectivity index is 2.35. The van der Waals surface area contributed by atoms with Crippen molar-refractivity contribution >= 4 is 40.6 Å². The first kappa shape index (κ1) is 13.3. The molecule has 0 aliphatic heterocycles. The molecule has 98 valence electrons. The Morgan fingerprint density at radius 2 is 2.16 bits per heavy atom. The van der Waals surface area contributed by atoms with Gasteiger partial charge >= 0.3 is 0 Å². The lowest BCUT2D eigenvalue weighted by Crippen LogP contribution is -2.12. The number of hydrogen-bond donors (Lipinski definition) is 1. The lowest BCUT2D eigenvalue weighted by Gasteiger charge is -2.04. The maximum Gasteiger partial charge on any atom is 0.290 e. The first-order chi connectivity index (χ1) is 8.99. The number of nitrogens with one attached hydrogen (secondary N) is 1. The number of carbonyl (C=O) groups is 1. The molecule has 0 bridgehead atoms. The van der Waals surface area contributed by atoms with Crippen LogP contribution < -0.4 is 5.32 Å². The van der Waals surface area contributed by atoms with E-state index in [1.165, 1.54) is 18.4 Å². The van der Waals surface area contributed by atoms with E-state index in [0.29, 0.717) is 0 Å². The molecule has 9 heteroatoms. The number of aromatic nitrogens is 1. The zero-order chi connectivity index (χ0) is 14.0. The van der Waals surface area contributed by atoms with Gasteiger partial charge in [0.15, 0.2) is 5.82 Å². The number of halogens is 2. The average Bonchev–Trinajstić information content (AvgIpc) is 2.84. The zero-order valence-corrected chi connectivity index (χ0v) is 10.6. The van der Waals surface area contributed by atoms with Gasteiger partial charge in [0.25, 0.3) is 11.6 Å². The van der Waals surface area contributed by atoms with Crippen LogP contribution in [-0.4, -0.2) is 16.0 Å². The molecule has 0 unspecified atom stereocenters. The van der Waals surface area contributed by atoms with Crippen molar-refractivity contribution in [3.05, 3.63) is 50.2 Å². The number of nitro groups is 1. The highest BCUT2D eigenvalue weighted by molar-refractivity contribution is 6.43. The summed E-state index contributed by atoms with van der Waals surface area (Å²) in [6.45, 7) is 0. The molecule has 0 atom stereocenters. The van der Waals surface area contributed by atoms with E-state index in [4.69, 9.17) is 23.2 Å². The molecule has 0 saturated carbocycles. The quantitative estimate of drug-likeness (QED) is 0.693. The summed E-state index contributed by atoms with van der Waals surface area (Å²) in [6.07, 6.45) is 1.27. The summed E-state index contributed by atoms with van der Waals surface area (Å²) in [4.78, 5) is 21.9. The Labute approximate surface area is 116 Å². The third kappa shape index (κ3) is 2.83. The first-order valence-electron chi connectivity index (χ1n) is 4.84. The van der Waals surface area contributed by atoms with Gasteiger partial charge in [0, 0.05) is 17.7 Å². The Kier molecular flexibility index (Phi) is 3.68. The Morgan fingerprint density at radius 1 is 1.42 bits per heavy atom. The van der Waals surface area contributed by atoms with Crippen LogP contribution in [0, 0.1) is 10.1 Å². The fraction of sp³-hybridized carbons (Fsp3) is 0. The zero-order valence-electron chi connectivity index (χ0n) is 9.09. The monoisotopic (exact) mass is 301 g/mol. The van der Waals surface area contributed by atoms with Crippen molar-refractivity contribution in [2.45, 2.75) is 0 Å². The number of nitro benzene ring substituents is 1. The molecule has 0 spiro atoms. The predicted molar refractivity (Wildman–Crippen MR) is 67.6 cm³/mol. The molecule has 1 heterocycles. The second kappa shape index (κ2) is 5.25. The number of anilines is 1. The smallest absolute Gasteiger partial charge is 0.290 e.